The summed E-state index contributed by atoms with van der Waals surface area (Å²) < 4.78 is 14.0. The van der Waals surface area contributed by atoms with Crippen molar-refractivity contribution in [1.29, 1.82) is 0 Å². The summed E-state index contributed by atoms with van der Waals surface area (Å²) in [6.07, 6.45) is 2.39. The summed E-state index contributed by atoms with van der Waals surface area (Å²) in [6.45, 7) is 9.61. The summed E-state index contributed by atoms with van der Waals surface area (Å²) in [5, 5.41) is 3.07. The maximum absolute atomic E-state index is 14.0. The topological polar surface area (TPSA) is 15.3 Å². The molecule has 112 valence electrons. The molecule has 0 aromatic heterocycles. The molecule has 0 radical (unpaired) electrons. The molecule has 0 atom stereocenters. The number of halogens is 1. The smallest absolute Gasteiger partial charge is 0.129 e. The van der Waals surface area contributed by atoms with Gasteiger partial charge in [0.2, 0.25) is 0 Å². The van der Waals surface area contributed by atoms with Gasteiger partial charge >= 0.3 is 0 Å². The third-order valence-corrected chi connectivity index (χ3v) is 4.51. The lowest BCUT2D eigenvalue weighted by Gasteiger charge is -2.40. The van der Waals surface area contributed by atoms with Crippen molar-refractivity contribution >= 4 is 5.69 Å². The number of benzene rings is 1. The normalized spacial score (nSPS) is 17.6. The maximum atomic E-state index is 14.0. The van der Waals surface area contributed by atoms with Gasteiger partial charge in [-0.15, -0.1) is 0 Å². The molecule has 1 aliphatic heterocycles. The van der Waals surface area contributed by atoms with Gasteiger partial charge < -0.3 is 10.2 Å². The van der Waals surface area contributed by atoms with Crippen molar-refractivity contribution < 1.29 is 4.39 Å². The van der Waals surface area contributed by atoms with Gasteiger partial charge in [0.15, 0.2) is 0 Å². The molecule has 0 unspecified atom stereocenters. The van der Waals surface area contributed by atoms with Crippen LogP contribution < -0.4 is 10.2 Å². The molecule has 0 spiro atoms. The minimum atomic E-state index is -0.102. The molecule has 1 aromatic rings. The molecule has 3 heteroatoms. The van der Waals surface area contributed by atoms with Crippen LogP contribution in [0.4, 0.5) is 10.1 Å². The second kappa shape index (κ2) is 6.13. The van der Waals surface area contributed by atoms with Crippen molar-refractivity contribution in [3.63, 3.8) is 0 Å². The van der Waals surface area contributed by atoms with E-state index in [2.05, 4.69) is 31.0 Å². The minimum absolute atomic E-state index is 0.102. The Morgan fingerprint density at radius 1 is 1.25 bits per heavy atom. The lowest BCUT2D eigenvalue weighted by molar-refractivity contribution is 0.199. The highest BCUT2D eigenvalue weighted by atomic mass is 19.1. The van der Waals surface area contributed by atoms with E-state index in [1.165, 1.54) is 12.8 Å². The standard InChI is InChI=1S/C17H27FN2/c1-17(2,3)13-8-10-20(11-9-13)16-7-5-6-15(18)14(16)12-19-4/h5-7,13,19H,8-12H2,1-4H3. The van der Waals surface area contributed by atoms with Gasteiger partial charge in [0.25, 0.3) is 0 Å². The molecule has 0 bridgehead atoms. The Labute approximate surface area is 122 Å². The fourth-order valence-electron chi connectivity index (χ4n) is 3.18. The Hall–Kier alpha value is -1.09. The molecule has 2 rings (SSSR count). The number of piperidine rings is 1. The third kappa shape index (κ3) is 3.32. The predicted octanol–water partition coefficient (Wildman–Crippen LogP) is 3.81. The van der Waals surface area contributed by atoms with E-state index in [1.54, 1.807) is 6.07 Å². The van der Waals surface area contributed by atoms with Crippen molar-refractivity contribution in [2.24, 2.45) is 11.3 Å². The SMILES string of the molecule is CNCc1c(F)cccc1N1CCC(C(C)(C)C)CC1. The Morgan fingerprint density at radius 2 is 1.90 bits per heavy atom. The third-order valence-electron chi connectivity index (χ3n) is 4.51. The maximum Gasteiger partial charge on any atom is 0.129 e. The van der Waals surface area contributed by atoms with E-state index in [9.17, 15) is 4.39 Å². The zero-order valence-electron chi connectivity index (χ0n) is 13.2. The number of rotatable bonds is 3. The summed E-state index contributed by atoms with van der Waals surface area (Å²) in [4.78, 5) is 2.35. The van der Waals surface area contributed by atoms with Gasteiger partial charge in [-0.3, -0.25) is 0 Å². The average Bonchev–Trinajstić information content (AvgIpc) is 2.40. The molecule has 1 aromatic carbocycles. The molecule has 1 saturated heterocycles. The summed E-state index contributed by atoms with van der Waals surface area (Å²) in [5.41, 5.74) is 2.23. The van der Waals surface area contributed by atoms with Crippen LogP contribution in [-0.2, 0) is 6.54 Å². The van der Waals surface area contributed by atoms with Crippen molar-refractivity contribution in [2.75, 3.05) is 25.0 Å². The van der Waals surface area contributed by atoms with Crippen molar-refractivity contribution in [3.05, 3.63) is 29.6 Å². The van der Waals surface area contributed by atoms with Gasteiger partial charge in [-0.05, 0) is 43.4 Å². The molecule has 1 aliphatic rings. The summed E-state index contributed by atoms with van der Waals surface area (Å²) >= 11 is 0. The lowest BCUT2D eigenvalue weighted by atomic mass is 9.75. The quantitative estimate of drug-likeness (QED) is 0.904. The van der Waals surface area contributed by atoms with E-state index in [1.807, 2.05) is 19.2 Å². The van der Waals surface area contributed by atoms with E-state index >= 15 is 0 Å². The number of hydrogen-bond acceptors (Lipinski definition) is 2. The Bertz CT molecular complexity index is 443. The van der Waals surface area contributed by atoms with E-state index in [0.717, 1.165) is 30.3 Å². The van der Waals surface area contributed by atoms with Gasteiger partial charge in [0.05, 0.1) is 0 Å². The molecule has 0 amide bonds. The van der Waals surface area contributed by atoms with Gasteiger partial charge in [0, 0.05) is 30.9 Å². The Kier molecular flexibility index (Phi) is 4.69. The summed E-state index contributed by atoms with van der Waals surface area (Å²) in [5.74, 6) is 0.662. The van der Waals surface area contributed by atoms with Gasteiger partial charge in [-0.1, -0.05) is 26.8 Å². The molecule has 1 fully saturated rings. The van der Waals surface area contributed by atoms with Crippen molar-refractivity contribution in [1.82, 2.24) is 5.32 Å². The molecule has 1 N–H and O–H groups in total. The number of nitrogens with zero attached hydrogens (tertiary/aromatic N) is 1. The predicted molar refractivity (Wildman–Crippen MR) is 83.6 cm³/mol. The lowest BCUT2D eigenvalue weighted by Crippen LogP contribution is -2.38. The molecular formula is C17H27FN2. The fourth-order valence-corrected chi connectivity index (χ4v) is 3.18. The first-order chi connectivity index (χ1) is 9.43. The van der Waals surface area contributed by atoms with Crippen molar-refractivity contribution in [3.8, 4) is 0 Å². The molecular weight excluding hydrogens is 251 g/mol. The first kappa shape index (κ1) is 15.3. The van der Waals surface area contributed by atoms with Crippen LogP contribution in [-0.4, -0.2) is 20.1 Å². The van der Waals surface area contributed by atoms with Gasteiger partial charge in [-0.2, -0.15) is 0 Å². The van der Waals surface area contributed by atoms with E-state index in [0.29, 0.717) is 12.0 Å². The van der Waals surface area contributed by atoms with E-state index in [4.69, 9.17) is 0 Å². The Balaban J connectivity index is 2.13. The first-order valence-electron chi connectivity index (χ1n) is 7.60. The highest BCUT2D eigenvalue weighted by Crippen LogP contribution is 2.36. The summed E-state index contributed by atoms with van der Waals surface area (Å²) in [6, 6.07) is 5.42. The van der Waals surface area contributed by atoms with Crippen LogP contribution in [0.3, 0.4) is 0 Å². The summed E-state index contributed by atoms with van der Waals surface area (Å²) in [7, 11) is 1.86. The number of hydrogen-bond donors (Lipinski definition) is 1. The number of anilines is 1. The molecule has 20 heavy (non-hydrogen) atoms. The molecule has 0 saturated carbocycles. The van der Waals surface area contributed by atoms with E-state index < -0.39 is 0 Å². The van der Waals surface area contributed by atoms with E-state index in [-0.39, 0.29) is 5.82 Å². The molecule has 1 heterocycles. The molecule has 2 nitrogen and oxygen atoms in total. The highest BCUT2D eigenvalue weighted by molar-refractivity contribution is 5.54. The average molecular weight is 278 g/mol. The zero-order chi connectivity index (χ0) is 14.8. The largest absolute Gasteiger partial charge is 0.371 e. The second-order valence-electron chi connectivity index (χ2n) is 6.90. The number of nitrogens with one attached hydrogen (secondary N) is 1. The van der Waals surface area contributed by atoms with Crippen LogP contribution in [0.25, 0.3) is 0 Å². The van der Waals surface area contributed by atoms with Crippen LogP contribution in [0.15, 0.2) is 18.2 Å². The van der Waals surface area contributed by atoms with Crippen molar-refractivity contribution in [2.45, 2.75) is 40.2 Å². The van der Waals surface area contributed by atoms with Crippen LogP contribution in [0.5, 0.6) is 0 Å². The van der Waals surface area contributed by atoms with Gasteiger partial charge in [0.1, 0.15) is 5.82 Å². The highest BCUT2D eigenvalue weighted by Gasteiger charge is 2.29. The monoisotopic (exact) mass is 278 g/mol. The van der Waals surface area contributed by atoms with Gasteiger partial charge in [-0.25, -0.2) is 4.39 Å². The second-order valence-corrected chi connectivity index (χ2v) is 6.90. The Morgan fingerprint density at radius 3 is 2.45 bits per heavy atom. The fraction of sp³-hybridized carbons (Fsp3) is 0.647. The first-order valence-corrected chi connectivity index (χ1v) is 7.60. The minimum Gasteiger partial charge on any atom is -0.371 e. The van der Waals surface area contributed by atoms with Crippen LogP contribution >= 0.6 is 0 Å². The molecule has 0 aliphatic carbocycles. The van der Waals surface area contributed by atoms with Crippen LogP contribution in [0.2, 0.25) is 0 Å². The van der Waals surface area contributed by atoms with Crippen LogP contribution in [0, 0.1) is 17.2 Å². The zero-order valence-corrected chi connectivity index (χ0v) is 13.2. The van der Waals surface area contributed by atoms with Crippen LogP contribution in [0.1, 0.15) is 39.2 Å².